The molecule has 0 aliphatic carbocycles. The first-order valence-electron chi connectivity index (χ1n) is 6.91. The maximum absolute atomic E-state index is 13.2. The molecule has 1 aliphatic heterocycles. The van der Waals surface area contributed by atoms with Crippen molar-refractivity contribution in [1.82, 2.24) is 0 Å². The molecule has 5 nitrogen and oxygen atoms in total. The van der Waals surface area contributed by atoms with Gasteiger partial charge in [0.2, 0.25) is 5.91 Å². The lowest BCUT2D eigenvalue weighted by atomic mass is 10.2. The van der Waals surface area contributed by atoms with E-state index in [1.54, 1.807) is 12.1 Å². The number of benzene rings is 2. The lowest BCUT2D eigenvalue weighted by Gasteiger charge is -2.29. The molecule has 3 rings (SSSR count). The van der Waals surface area contributed by atoms with Crippen molar-refractivity contribution in [3.05, 3.63) is 53.1 Å². The molecule has 0 aromatic heterocycles. The molecule has 0 radical (unpaired) electrons. The smallest absolute Gasteiger partial charge is 0.265 e. The first-order chi connectivity index (χ1) is 11.4. The summed E-state index contributed by atoms with van der Waals surface area (Å²) in [4.78, 5) is 25.3. The summed E-state index contributed by atoms with van der Waals surface area (Å²) in [5.74, 6) is -2.25. The number of rotatable bonds is 3. The van der Waals surface area contributed by atoms with Crippen LogP contribution in [0.3, 0.4) is 0 Å². The SMILES string of the molecule is O=C(CN1C(=O)COc2ccc(Cl)cc21)Nc1cc(F)cc(F)c1. The van der Waals surface area contributed by atoms with Crippen LogP contribution in [0, 0.1) is 11.6 Å². The van der Waals surface area contributed by atoms with Crippen molar-refractivity contribution in [2.45, 2.75) is 0 Å². The van der Waals surface area contributed by atoms with Gasteiger partial charge in [-0.25, -0.2) is 8.78 Å². The van der Waals surface area contributed by atoms with E-state index in [1.807, 2.05) is 0 Å². The average Bonchev–Trinajstić information content (AvgIpc) is 2.49. The summed E-state index contributed by atoms with van der Waals surface area (Å²) in [5, 5.41) is 2.73. The number of nitrogens with one attached hydrogen (secondary N) is 1. The summed E-state index contributed by atoms with van der Waals surface area (Å²) < 4.78 is 31.6. The summed E-state index contributed by atoms with van der Waals surface area (Å²) >= 11 is 5.91. The Morgan fingerprint density at radius 2 is 1.92 bits per heavy atom. The number of amides is 2. The van der Waals surface area contributed by atoms with Gasteiger partial charge in [0.1, 0.15) is 23.9 Å². The van der Waals surface area contributed by atoms with Crippen LogP contribution in [0.4, 0.5) is 20.2 Å². The van der Waals surface area contributed by atoms with Crippen molar-refractivity contribution in [3.63, 3.8) is 0 Å². The van der Waals surface area contributed by atoms with E-state index in [-0.39, 0.29) is 18.8 Å². The van der Waals surface area contributed by atoms with Gasteiger partial charge in [-0.1, -0.05) is 11.6 Å². The largest absolute Gasteiger partial charge is 0.482 e. The van der Waals surface area contributed by atoms with Crippen LogP contribution in [0.5, 0.6) is 5.75 Å². The molecule has 1 aliphatic rings. The lowest BCUT2D eigenvalue weighted by molar-refractivity contribution is -0.123. The fourth-order valence-electron chi connectivity index (χ4n) is 2.32. The average molecular weight is 353 g/mol. The minimum atomic E-state index is -0.815. The summed E-state index contributed by atoms with van der Waals surface area (Å²) in [6.07, 6.45) is 0. The number of ether oxygens (including phenoxy) is 1. The Morgan fingerprint density at radius 3 is 2.62 bits per heavy atom. The number of halogens is 3. The van der Waals surface area contributed by atoms with E-state index in [2.05, 4.69) is 5.32 Å². The molecule has 0 saturated heterocycles. The zero-order valence-corrected chi connectivity index (χ0v) is 12.9. The highest BCUT2D eigenvalue weighted by Gasteiger charge is 2.27. The number of hydrogen-bond acceptors (Lipinski definition) is 3. The first kappa shape index (κ1) is 16.2. The highest BCUT2D eigenvalue weighted by molar-refractivity contribution is 6.31. The third-order valence-corrected chi connectivity index (χ3v) is 3.55. The Labute approximate surface area is 140 Å². The predicted molar refractivity (Wildman–Crippen MR) is 84.3 cm³/mol. The van der Waals surface area contributed by atoms with E-state index < -0.39 is 23.4 Å². The Morgan fingerprint density at radius 1 is 1.21 bits per heavy atom. The Hall–Kier alpha value is -2.67. The van der Waals surface area contributed by atoms with Crippen LogP contribution < -0.4 is 15.0 Å². The normalized spacial score (nSPS) is 13.3. The number of carbonyl (C=O) groups excluding carboxylic acids is 2. The fraction of sp³-hybridized carbons (Fsp3) is 0.125. The molecule has 2 aromatic rings. The quantitative estimate of drug-likeness (QED) is 0.924. The third kappa shape index (κ3) is 3.46. The Kier molecular flexibility index (Phi) is 4.35. The van der Waals surface area contributed by atoms with E-state index in [9.17, 15) is 18.4 Å². The first-order valence-corrected chi connectivity index (χ1v) is 7.29. The van der Waals surface area contributed by atoms with E-state index >= 15 is 0 Å². The van der Waals surface area contributed by atoms with E-state index in [4.69, 9.17) is 16.3 Å². The van der Waals surface area contributed by atoms with Gasteiger partial charge in [-0.2, -0.15) is 0 Å². The number of nitrogens with zero attached hydrogens (tertiary/aromatic N) is 1. The van der Waals surface area contributed by atoms with Gasteiger partial charge in [0, 0.05) is 16.8 Å². The maximum atomic E-state index is 13.2. The van der Waals surface area contributed by atoms with Crippen molar-refractivity contribution in [1.29, 1.82) is 0 Å². The standard InChI is InChI=1S/C16H11ClF2N2O3/c17-9-1-2-14-13(3-9)21(16(23)8-24-14)7-15(22)20-12-5-10(18)4-11(19)6-12/h1-6H,7-8H2,(H,20,22). The van der Waals surface area contributed by atoms with Crippen molar-refractivity contribution >= 4 is 34.8 Å². The molecule has 0 spiro atoms. The summed E-state index contributed by atoms with van der Waals surface area (Å²) in [6.45, 7) is -0.551. The fourth-order valence-corrected chi connectivity index (χ4v) is 2.49. The highest BCUT2D eigenvalue weighted by atomic mass is 35.5. The highest BCUT2D eigenvalue weighted by Crippen LogP contribution is 2.34. The minimum absolute atomic E-state index is 0.0375. The minimum Gasteiger partial charge on any atom is -0.482 e. The van der Waals surface area contributed by atoms with Crippen LogP contribution in [0.15, 0.2) is 36.4 Å². The lowest BCUT2D eigenvalue weighted by Crippen LogP contribution is -2.43. The van der Waals surface area contributed by atoms with Crippen LogP contribution in [-0.4, -0.2) is 25.0 Å². The van der Waals surface area contributed by atoms with Crippen molar-refractivity contribution in [2.24, 2.45) is 0 Å². The zero-order chi connectivity index (χ0) is 17.3. The molecule has 2 aromatic carbocycles. The van der Waals surface area contributed by atoms with Crippen molar-refractivity contribution < 1.29 is 23.1 Å². The van der Waals surface area contributed by atoms with Gasteiger partial charge in [-0.05, 0) is 30.3 Å². The number of anilines is 2. The van der Waals surface area contributed by atoms with Gasteiger partial charge in [0.05, 0.1) is 5.69 Å². The molecule has 8 heteroatoms. The van der Waals surface area contributed by atoms with E-state index in [0.717, 1.165) is 12.1 Å². The number of hydrogen-bond donors (Lipinski definition) is 1. The summed E-state index contributed by atoms with van der Waals surface area (Å²) in [5.41, 5.74) is 0.323. The van der Waals surface area contributed by atoms with Gasteiger partial charge >= 0.3 is 0 Å². The molecule has 1 heterocycles. The third-order valence-electron chi connectivity index (χ3n) is 3.31. The molecule has 0 atom stereocenters. The van der Waals surface area contributed by atoms with Crippen LogP contribution in [0.1, 0.15) is 0 Å². The van der Waals surface area contributed by atoms with E-state index in [0.29, 0.717) is 22.5 Å². The van der Waals surface area contributed by atoms with Gasteiger partial charge in [0.25, 0.3) is 5.91 Å². The summed E-state index contributed by atoms with van der Waals surface area (Å²) in [7, 11) is 0. The predicted octanol–water partition coefficient (Wildman–Crippen LogP) is 2.98. The second-order valence-electron chi connectivity index (χ2n) is 5.09. The molecular formula is C16H11ClF2N2O3. The monoisotopic (exact) mass is 352 g/mol. The maximum Gasteiger partial charge on any atom is 0.265 e. The molecule has 0 fully saturated rings. The van der Waals surface area contributed by atoms with E-state index in [1.165, 1.54) is 11.0 Å². The second kappa shape index (κ2) is 6.45. The van der Waals surface area contributed by atoms with Crippen LogP contribution in [0.25, 0.3) is 0 Å². The Bertz CT molecular complexity index is 809. The molecule has 0 bridgehead atoms. The molecule has 1 N–H and O–H groups in total. The molecule has 0 unspecified atom stereocenters. The van der Waals surface area contributed by atoms with Crippen molar-refractivity contribution in [2.75, 3.05) is 23.4 Å². The molecular weight excluding hydrogens is 342 g/mol. The summed E-state index contributed by atoms with van der Waals surface area (Å²) in [6, 6.07) is 7.35. The molecule has 0 saturated carbocycles. The van der Waals surface area contributed by atoms with Crippen LogP contribution in [-0.2, 0) is 9.59 Å². The van der Waals surface area contributed by atoms with Gasteiger partial charge in [-0.15, -0.1) is 0 Å². The second-order valence-corrected chi connectivity index (χ2v) is 5.52. The zero-order valence-electron chi connectivity index (χ0n) is 12.2. The van der Waals surface area contributed by atoms with Crippen LogP contribution in [0.2, 0.25) is 5.02 Å². The Balaban J connectivity index is 1.79. The molecule has 24 heavy (non-hydrogen) atoms. The van der Waals surface area contributed by atoms with Gasteiger partial charge in [0.15, 0.2) is 6.61 Å². The molecule has 124 valence electrons. The van der Waals surface area contributed by atoms with Crippen molar-refractivity contribution in [3.8, 4) is 5.75 Å². The van der Waals surface area contributed by atoms with Gasteiger partial charge < -0.3 is 10.1 Å². The number of carbonyl (C=O) groups is 2. The molecule has 2 amide bonds. The van der Waals surface area contributed by atoms with Gasteiger partial charge in [-0.3, -0.25) is 14.5 Å². The number of fused-ring (bicyclic) bond motifs is 1. The van der Waals surface area contributed by atoms with Crippen LogP contribution >= 0.6 is 11.6 Å². The topological polar surface area (TPSA) is 58.6 Å².